The van der Waals surface area contributed by atoms with E-state index in [0.717, 1.165) is 31.8 Å². The Labute approximate surface area is 127 Å². The first-order valence-corrected chi connectivity index (χ1v) is 7.63. The van der Waals surface area contributed by atoms with Gasteiger partial charge in [0.05, 0.1) is 13.0 Å². The van der Waals surface area contributed by atoms with E-state index in [1.807, 2.05) is 31.2 Å². The lowest BCUT2D eigenvalue weighted by atomic mass is 9.92. The van der Waals surface area contributed by atoms with Gasteiger partial charge in [0.1, 0.15) is 12.4 Å². The fraction of sp³-hybridized carbons (Fsp3) is 0.588. The van der Waals surface area contributed by atoms with Crippen LogP contribution >= 0.6 is 0 Å². The monoisotopic (exact) mass is 291 g/mol. The summed E-state index contributed by atoms with van der Waals surface area (Å²) >= 11 is 0. The lowest BCUT2D eigenvalue weighted by Gasteiger charge is -2.22. The molecule has 0 saturated carbocycles. The first-order chi connectivity index (χ1) is 10.1. The van der Waals surface area contributed by atoms with Crippen LogP contribution in [0.15, 0.2) is 24.3 Å². The normalized spacial score (nSPS) is 20.2. The van der Waals surface area contributed by atoms with Crippen LogP contribution in [0.4, 0.5) is 0 Å². The van der Waals surface area contributed by atoms with Gasteiger partial charge in [-0.05, 0) is 44.5 Å². The molecule has 4 nitrogen and oxygen atoms in total. The molecule has 0 aliphatic carbocycles. The Balaban J connectivity index is 1.97. The minimum Gasteiger partial charge on any atom is -0.493 e. The predicted octanol–water partition coefficient (Wildman–Crippen LogP) is 2.50. The van der Waals surface area contributed by atoms with E-state index >= 15 is 0 Å². The molecule has 2 atom stereocenters. The van der Waals surface area contributed by atoms with E-state index in [4.69, 9.17) is 9.47 Å². The maximum Gasteiger partial charge on any atom is 0.312 e. The van der Waals surface area contributed by atoms with Gasteiger partial charge in [0.15, 0.2) is 0 Å². The number of carbonyl (C=O) groups is 1. The lowest BCUT2D eigenvalue weighted by Crippen LogP contribution is -2.32. The van der Waals surface area contributed by atoms with Crippen LogP contribution in [0.3, 0.4) is 0 Å². The van der Waals surface area contributed by atoms with Gasteiger partial charge in [0, 0.05) is 6.54 Å². The summed E-state index contributed by atoms with van der Waals surface area (Å²) in [5.41, 5.74) is 1.20. The van der Waals surface area contributed by atoms with Gasteiger partial charge in [-0.25, -0.2) is 0 Å². The number of ether oxygens (including phenoxy) is 2. The Kier molecular flexibility index (Phi) is 5.62. The number of aryl methyl sites for hydroxylation is 1. The fourth-order valence-corrected chi connectivity index (χ4v) is 2.85. The molecule has 2 rings (SSSR count). The third-order valence-corrected chi connectivity index (χ3v) is 4.28. The molecule has 0 spiro atoms. The molecule has 1 heterocycles. The number of carbonyl (C=O) groups excluding carboxylic acids is 1. The van der Waals surface area contributed by atoms with E-state index in [1.54, 1.807) is 0 Å². The van der Waals surface area contributed by atoms with Crippen LogP contribution in [-0.4, -0.2) is 44.2 Å². The van der Waals surface area contributed by atoms with Gasteiger partial charge in [0.25, 0.3) is 0 Å². The van der Waals surface area contributed by atoms with E-state index < -0.39 is 0 Å². The highest BCUT2D eigenvalue weighted by Crippen LogP contribution is 2.26. The second-order valence-electron chi connectivity index (χ2n) is 5.70. The number of nitrogens with zero attached hydrogens (tertiary/aromatic N) is 1. The number of hydrogen-bond donors (Lipinski definition) is 0. The van der Waals surface area contributed by atoms with Crippen molar-refractivity contribution < 1.29 is 14.3 Å². The van der Waals surface area contributed by atoms with E-state index in [0.29, 0.717) is 12.5 Å². The smallest absolute Gasteiger partial charge is 0.312 e. The van der Waals surface area contributed by atoms with Crippen LogP contribution in [0, 0.1) is 18.8 Å². The number of methoxy groups -OCH3 is 1. The zero-order valence-corrected chi connectivity index (χ0v) is 13.2. The van der Waals surface area contributed by atoms with Gasteiger partial charge in [-0.3, -0.25) is 4.79 Å². The van der Waals surface area contributed by atoms with E-state index in [-0.39, 0.29) is 11.9 Å². The molecule has 1 saturated heterocycles. The van der Waals surface area contributed by atoms with E-state index in [9.17, 15) is 4.79 Å². The van der Waals surface area contributed by atoms with Crippen molar-refractivity contribution in [1.29, 1.82) is 0 Å². The highest BCUT2D eigenvalue weighted by Gasteiger charge is 2.34. The van der Waals surface area contributed by atoms with Crippen molar-refractivity contribution in [1.82, 2.24) is 4.90 Å². The van der Waals surface area contributed by atoms with Gasteiger partial charge in [0.2, 0.25) is 0 Å². The van der Waals surface area contributed by atoms with E-state index in [2.05, 4.69) is 11.8 Å². The third kappa shape index (κ3) is 4.21. The van der Waals surface area contributed by atoms with E-state index in [1.165, 1.54) is 12.7 Å². The molecule has 2 unspecified atom stereocenters. The molecule has 0 amide bonds. The van der Waals surface area contributed by atoms with Crippen LogP contribution in [0.2, 0.25) is 0 Å². The summed E-state index contributed by atoms with van der Waals surface area (Å²) in [4.78, 5) is 14.4. The maximum absolute atomic E-state index is 12.0. The summed E-state index contributed by atoms with van der Waals surface area (Å²) in [5, 5.41) is 0. The van der Waals surface area contributed by atoms with Gasteiger partial charge in [-0.2, -0.15) is 0 Å². The minimum absolute atomic E-state index is 0.162. The molecular weight excluding hydrogens is 266 g/mol. The van der Waals surface area contributed by atoms with Crippen molar-refractivity contribution in [2.45, 2.75) is 20.3 Å². The zero-order chi connectivity index (χ0) is 15.2. The molecule has 1 aromatic carbocycles. The Hall–Kier alpha value is -1.55. The summed E-state index contributed by atoms with van der Waals surface area (Å²) in [6.45, 7) is 7.62. The first-order valence-electron chi connectivity index (χ1n) is 7.63. The largest absolute Gasteiger partial charge is 0.493 e. The van der Waals surface area contributed by atoms with Gasteiger partial charge in [-0.15, -0.1) is 0 Å². The van der Waals surface area contributed by atoms with Gasteiger partial charge >= 0.3 is 5.97 Å². The molecule has 1 aliphatic heterocycles. The second kappa shape index (κ2) is 7.46. The number of esters is 1. The van der Waals surface area contributed by atoms with Crippen molar-refractivity contribution in [3.8, 4) is 5.75 Å². The van der Waals surface area contributed by atoms with Gasteiger partial charge < -0.3 is 14.4 Å². The summed E-state index contributed by atoms with van der Waals surface area (Å²) in [7, 11) is 1.45. The molecule has 1 fully saturated rings. The highest BCUT2D eigenvalue weighted by molar-refractivity contribution is 5.73. The van der Waals surface area contributed by atoms with Crippen LogP contribution in [-0.2, 0) is 9.53 Å². The van der Waals surface area contributed by atoms with Crippen LogP contribution < -0.4 is 4.74 Å². The fourth-order valence-electron chi connectivity index (χ4n) is 2.85. The SMILES string of the molecule is CCN1CCC(C(COc2ccc(C)cc2)C(=O)OC)C1. The summed E-state index contributed by atoms with van der Waals surface area (Å²) in [6, 6.07) is 7.90. The Morgan fingerprint density at radius 3 is 2.67 bits per heavy atom. The molecule has 1 aromatic rings. The van der Waals surface area contributed by atoms with Crippen LogP contribution in [0.1, 0.15) is 18.9 Å². The molecule has 0 radical (unpaired) electrons. The third-order valence-electron chi connectivity index (χ3n) is 4.28. The quantitative estimate of drug-likeness (QED) is 0.755. The second-order valence-corrected chi connectivity index (χ2v) is 5.70. The standard InChI is InChI=1S/C17H25NO3/c1-4-18-10-9-14(11-18)16(17(19)20-3)12-21-15-7-5-13(2)6-8-15/h5-8,14,16H,4,9-12H2,1-3H3. The van der Waals surface area contributed by atoms with Crippen LogP contribution in [0.5, 0.6) is 5.75 Å². The molecule has 0 aromatic heterocycles. The minimum atomic E-state index is -0.187. The Morgan fingerprint density at radius 1 is 1.38 bits per heavy atom. The summed E-state index contributed by atoms with van der Waals surface area (Å²) < 4.78 is 10.8. The molecule has 0 bridgehead atoms. The van der Waals surface area contributed by atoms with Crippen molar-refractivity contribution in [2.75, 3.05) is 33.4 Å². The number of rotatable bonds is 6. The zero-order valence-electron chi connectivity index (χ0n) is 13.2. The number of benzene rings is 1. The average molecular weight is 291 g/mol. The predicted molar refractivity (Wildman–Crippen MR) is 82.4 cm³/mol. The first kappa shape index (κ1) is 15.8. The van der Waals surface area contributed by atoms with Crippen molar-refractivity contribution in [2.24, 2.45) is 11.8 Å². The molecule has 4 heteroatoms. The molecule has 1 aliphatic rings. The van der Waals surface area contributed by atoms with Gasteiger partial charge in [-0.1, -0.05) is 24.6 Å². The average Bonchev–Trinajstić information content (AvgIpc) is 2.97. The summed E-state index contributed by atoms with van der Waals surface area (Å²) in [5.74, 6) is 0.778. The molecule has 116 valence electrons. The molecular formula is C17H25NO3. The Bertz CT molecular complexity index is 458. The summed E-state index contributed by atoms with van der Waals surface area (Å²) in [6.07, 6.45) is 1.03. The lowest BCUT2D eigenvalue weighted by molar-refractivity contribution is -0.148. The number of hydrogen-bond acceptors (Lipinski definition) is 4. The molecule has 21 heavy (non-hydrogen) atoms. The van der Waals surface area contributed by atoms with Crippen molar-refractivity contribution in [3.05, 3.63) is 29.8 Å². The number of likely N-dealkylation sites (tertiary alicyclic amines) is 1. The topological polar surface area (TPSA) is 38.8 Å². The highest BCUT2D eigenvalue weighted by atomic mass is 16.5. The van der Waals surface area contributed by atoms with Crippen molar-refractivity contribution >= 4 is 5.97 Å². The molecule has 0 N–H and O–H groups in total. The maximum atomic E-state index is 12.0. The van der Waals surface area contributed by atoms with Crippen LogP contribution in [0.25, 0.3) is 0 Å². The Morgan fingerprint density at radius 2 is 2.10 bits per heavy atom. The van der Waals surface area contributed by atoms with Crippen molar-refractivity contribution in [3.63, 3.8) is 0 Å².